The van der Waals surface area contributed by atoms with Crippen LogP contribution in [0.4, 0.5) is 0 Å². The van der Waals surface area contributed by atoms with Crippen LogP contribution in [0.25, 0.3) is 0 Å². The average molecular weight is 310 g/mol. The fraction of sp³-hybridized carbons (Fsp3) is 0.222. The van der Waals surface area contributed by atoms with Crippen molar-refractivity contribution in [2.24, 2.45) is 0 Å². The summed E-state index contributed by atoms with van der Waals surface area (Å²) < 4.78 is 6.38. The largest absolute Gasteiger partial charge is 0.485 e. The molecule has 1 aromatic rings. The van der Waals surface area contributed by atoms with E-state index in [1.807, 2.05) is 13.0 Å². The summed E-state index contributed by atoms with van der Waals surface area (Å²) in [4.78, 5) is 3.92. The van der Waals surface area contributed by atoms with Crippen LogP contribution in [0.15, 0.2) is 24.4 Å². The van der Waals surface area contributed by atoms with Crippen LogP contribution in [0.5, 0.6) is 5.75 Å². The van der Waals surface area contributed by atoms with E-state index >= 15 is 0 Å². The molecular weight excluding hydrogens is 300 g/mol. The van der Waals surface area contributed by atoms with E-state index in [9.17, 15) is 0 Å². The highest BCUT2D eigenvalue weighted by Gasteiger charge is 2.06. The Labute approximate surface area is 96.1 Å². The monoisotopic (exact) mass is 309 g/mol. The Bertz CT molecular complexity index is 307. The van der Waals surface area contributed by atoms with Crippen LogP contribution in [-0.2, 0) is 0 Å². The quantitative estimate of drug-likeness (QED) is 0.485. The molecule has 70 valence electrons. The van der Waals surface area contributed by atoms with Gasteiger partial charge in [0.1, 0.15) is 6.61 Å². The second kappa shape index (κ2) is 4.81. The van der Waals surface area contributed by atoms with E-state index in [0.717, 1.165) is 9.14 Å². The lowest BCUT2D eigenvalue weighted by molar-refractivity contribution is 0.349. The molecule has 0 amide bonds. The van der Waals surface area contributed by atoms with Crippen LogP contribution in [-0.4, -0.2) is 11.6 Å². The molecule has 2 nitrogen and oxygen atoms in total. The first kappa shape index (κ1) is 10.8. The van der Waals surface area contributed by atoms with Crippen LogP contribution < -0.4 is 4.74 Å². The molecule has 0 saturated heterocycles. The van der Waals surface area contributed by atoms with Crippen molar-refractivity contribution >= 4 is 34.2 Å². The summed E-state index contributed by atoms with van der Waals surface area (Å²) in [6.45, 7) is 6.11. The molecule has 0 N–H and O–H groups in total. The molecule has 0 radical (unpaired) electrons. The van der Waals surface area contributed by atoms with Crippen LogP contribution in [0, 0.1) is 3.57 Å². The first-order chi connectivity index (χ1) is 6.11. The van der Waals surface area contributed by atoms with Gasteiger partial charge in [0.2, 0.25) is 0 Å². The van der Waals surface area contributed by atoms with Gasteiger partial charge in [-0.05, 0) is 41.2 Å². The molecule has 0 aromatic carbocycles. The molecule has 0 atom stereocenters. The average Bonchev–Trinajstić information content (AvgIpc) is 2.03. The molecule has 0 bridgehead atoms. The Morgan fingerprint density at radius 2 is 2.46 bits per heavy atom. The normalized spacial score (nSPS) is 9.77. The van der Waals surface area contributed by atoms with Gasteiger partial charge in [0.05, 0.1) is 3.57 Å². The van der Waals surface area contributed by atoms with Gasteiger partial charge in [0.15, 0.2) is 10.9 Å². The number of ether oxygens (including phenoxy) is 1. The van der Waals surface area contributed by atoms with E-state index in [1.165, 1.54) is 0 Å². The standard InChI is InChI=1S/C9H9ClINO/c1-6(2)5-13-8-7(11)3-4-12-9(8)10/h3-4H,1,5H2,2H3. The Kier molecular flexibility index (Phi) is 3.99. The number of nitrogens with zero attached hydrogens (tertiary/aromatic N) is 1. The lowest BCUT2D eigenvalue weighted by Crippen LogP contribution is -2.00. The van der Waals surface area contributed by atoms with Crippen LogP contribution in [0.1, 0.15) is 6.92 Å². The van der Waals surface area contributed by atoms with Gasteiger partial charge in [-0.2, -0.15) is 0 Å². The molecule has 0 unspecified atom stereocenters. The Morgan fingerprint density at radius 1 is 1.77 bits per heavy atom. The Balaban J connectivity index is 2.81. The van der Waals surface area contributed by atoms with Gasteiger partial charge in [-0.3, -0.25) is 0 Å². The van der Waals surface area contributed by atoms with Crippen molar-refractivity contribution < 1.29 is 4.74 Å². The van der Waals surface area contributed by atoms with E-state index in [-0.39, 0.29) is 0 Å². The van der Waals surface area contributed by atoms with Crippen molar-refractivity contribution in [2.75, 3.05) is 6.61 Å². The minimum absolute atomic E-state index is 0.396. The van der Waals surface area contributed by atoms with E-state index in [1.54, 1.807) is 6.20 Å². The van der Waals surface area contributed by atoms with E-state index < -0.39 is 0 Å². The van der Waals surface area contributed by atoms with Gasteiger partial charge in [-0.15, -0.1) is 0 Å². The third-order valence-corrected chi connectivity index (χ3v) is 2.39. The zero-order valence-electron chi connectivity index (χ0n) is 7.18. The molecule has 1 heterocycles. The van der Waals surface area contributed by atoms with Crippen molar-refractivity contribution in [1.82, 2.24) is 4.98 Å². The molecule has 0 aliphatic carbocycles. The van der Waals surface area contributed by atoms with Crippen molar-refractivity contribution in [1.29, 1.82) is 0 Å². The Morgan fingerprint density at radius 3 is 3.00 bits per heavy atom. The molecule has 1 rings (SSSR count). The Hall–Kier alpha value is -0.290. The maximum Gasteiger partial charge on any atom is 0.172 e. The predicted octanol–water partition coefficient (Wildman–Crippen LogP) is 3.29. The van der Waals surface area contributed by atoms with E-state index in [0.29, 0.717) is 17.5 Å². The molecular formula is C9H9ClINO. The van der Waals surface area contributed by atoms with Crippen molar-refractivity contribution in [3.05, 3.63) is 33.1 Å². The SMILES string of the molecule is C=C(C)COc1c(I)ccnc1Cl. The second-order valence-corrected chi connectivity index (χ2v) is 4.18. The molecule has 0 saturated carbocycles. The number of pyridine rings is 1. The van der Waals surface area contributed by atoms with E-state index in [2.05, 4.69) is 34.2 Å². The zero-order chi connectivity index (χ0) is 9.84. The van der Waals surface area contributed by atoms with Gasteiger partial charge >= 0.3 is 0 Å². The minimum atomic E-state index is 0.396. The zero-order valence-corrected chi connectivity index (χ0v) is 10.1. The number of aromatic nitrogens is 1. The topological polar surface area (TPSA) is 22.1 Å². The van der Waals surface area contributed by atoms with Gasteiger partial charge in [0, 0.05) is 6.20 Å². The summed E-state index contributed by atoms with van der Waals surface area (Å²) in [5.41, 5.74) is 0.954. The fourth-order valence-electron chi connectivity index (χ4n) is 0.725. The van der Waals surface area contributed by atoms with Gasteiger partial charge < -0.3 is 4.74 Å². The smallest absolute Gasteiger partial charge is 0.172 e. The van der Waals surface area contributed by atoms with Gasteiger partial charge in [-0.25, -0.2) is 4.98 Å². The van der Waals surface area contributed by atoms with Crippen molar-refractivity contribution in [2.45, 2.75) is 6.92 Å². The summed E-state index contributed by atoms with van der Waals surface area (Å²) in [5.74, 6) is 0.632. The van der Waals surface area contributed by atoms with Crippen molar-refractivity contribution in [3.63, 3.8) is 0 Å². The highest BCUT2D eigenvalue weighted by atomic mass is 127. The third kappa shape index (κ3) is 3.15. The van der Waals surface area contributed by atoms with Crippen LogP contribution in [0.2, 0.25) is 5.15 Å². The highest BCUT2D eigenvalue weighted by molar-refractivity contribution is 14.1. The second-order valence-electron chi connectivity index (χ2n) is 2.66. The number of hydrogen-bond acceptors (Lipinski definition) is 2. The molecule has 0 spiro atoms. The maximum atomic E-state index is 5.84. The summed E-state index contributed by atoms with van der Waals surface area (Å²) in [7, 11) is 0. The number of halogens is 2. The maximum absolute atomic E-state index is 5.84. The fourth-order valence-corrected chi connectivity index (χ4v) is 1.67. The lowest BCUT2D eigenvalue weighted by atomic mass is 10.4. The van der Waals surface area contributed by atoms with E-state index in [4.69, 9.17) is 16.3 Å². The number of hydrogen-bond donors (Lipinski definition) is 0. The first-order valence-corrected chi connectivity index (χ1v) is 5.14. The molecule has 4 heteroatoms. The minimum Gasteiger partial charge on any atom is -0.485 e. The number of rotatable bonds is 3. The molecule has 0 aliphatic rings. The molecule has 0 fully saturated rings. The molecule has 13 heavy (non-hydrogen) atoms. The third-order valence-electron chi connectivity index (χ3n) is 1.28. The predicted molar refractivity (Wildman–Crippen MR) is 62.3 cm³/mol. The summed E-state index contributed by atoms with van der Waals surface area (Å²) >= 11 is 8.00. The summed E-state index contributed by atoms with van der Waals surface area (Å²) in [6.07, 6.45) is 1.65. The molecule has 1 aromatic heterocycles. The van der Waals surface area contributed by atoms with Crippen molar-refractivity contribution in [3.8, 4) is 5.75 Å². The highest BCUT2D eigenvalue weighted by Crippen LogP contribution is 2.27. The van der Waals surface area contributed by atoms with Gasteiger partial charge in [0.25, 0.3) is 0 Å². The summed E-state index contributed by atoms with van der Waals surface area (Å²) in [6, 6.07) is 1.85. The van der Waals surface area contributed by atoms with Crippen LogP contribution in [0.3, 0.4) is 0 Å². The molecule has 0 aliphatic heterocycles. The lowest BCUT2D eigenvalue weighted by Gasteiger charge is -2.08. The first-order valence-electron chi connectivity index (χ1n) is 3.68. The van der Waals surface area contributed by atoms with Gasteiger partial charge in [-0.1, -0.05) is 18.2 Å². The van der Waals surface area contributed by atoms with Crippen LogP contribution >= 0.6 is 34.2 Å². The summed E-state index contributed by atoms with van der Waals surface area (Å²) in [5, 5.41) is 0.396.